The molecule has 0 N–H and O–H groups in total. The third-order valence-electron chi connectivity index (χ3n) is 7.17. The Morgan fingerprint density at radius 3 is 1.38 bits per heavy atom. The number of fused-ring (bicyclic) bond motifs is 2. The van der Waals surface area contributed by atoms with Crippen LogP contribution in [0.5, 0.6) is 0 Å². The van der Waals surface area contributed by atoms with Gasteiger partial charge in [0.25, 0.3) is 0 Å². The maximum absolute atomic E-state index is 2.43. The van der Waals surface area contributed by atoms with Crippen molar-refractivity contribution in [2.45, 2.75) is 79.5 Å². The molecular weight excluding hydrogens is 589 g/mol. The smallest absolute Gasteiger partial charge is 1.00 e. The molecule has 2 unspecified atom stereocenters. The molecule has 212 valence electrons. The maximum atomic E-state index is 2.43. The molecule has 0 nitrogen and oxygen atoms in total. The van der Waals surface area contributed by atoms with Gasteiger partial charge >= 0.3 is 21.7 Å². The molecule has 2 atom stereocenters. The van der Waals surface area contributed by atoms with E-state index in [1.165, 1.54) is 46.7 Å². The van der Waals surface area contributed by atoms with E-state index in [9.17, 15) is 0 Å². The molecule has 0 amide bonds. The van der Waals surface area contributed by atoms with Gasteiger partial charge in [-0.2, -0.15) is 12.1 Å². The number of benzene rings is 2. The van der Waals surface area contributed by atoms with Crippen LogP contribution in [0.3, 0.4) is 0 Å². The van der Waals surface area contributed by atoms with Crippen molar-refractivity contribution in [3.8, 4) is 0 Å². The van der Waals surface area contributed by atoms with Crippen molar-refractivity contribution in [2.24, 2.45) is 11.8 Å². The number of hydrogen-bond donors (Lipinski definition) is 0. The first kappa shape index (κ1) is 38.8. The SMILES string of the molecule is CC(C)CP(CC(C)C)c1cc2ccccc2[cH-]1.CCC(C)P(c1cc2ccccc2[cH-]1)C(C)CC.[Cl-].[Cl-].[Ti+4]. The van der Waals surface area contributed by atoms with Crippen molar-refractivity contribution in [2.75, 3.05) is 12.3 Å². The summed E-state index contributed by atoms with van der Waals surface area (Å²) >= 11 is 0. The summed E-state index contributed by atoms with van der Waals surface area (Å²) in [7, 11) is -0.00669. The van der Waals surface area contributed by atoms with Crippen LogP contribution < -0.4 is 35.4 Å². The van der Waals surface area contributed by atoms with E-state index in [1.807, 2.05) is 0 Å². The van der Waals surface area contributed by atoms with Gasteiger partial charge in [0.1, 0.15) is 0 Å². The van der Waals surface area contributed by atoms with Gasteiger partial charge in [0, 0.05) is 0 Å². The molecule has 0 fully saturated rings. The molecule has 4 rings (SSSR count). The molecule has 0 aliphatic rings. The Morgan fingerprint density at radius 1 is 0.615 bits per heavy atom. The monoisotopic (exact) mass is 636 g/mol. The van der Waals surface area contributed by atoms with Crippen LogP contribution in [0.25, 0.3) is 21.5 Å². The molecule has 0 spiro atoms. The normalized spacial score (nSPS) is 13.3. The standard InChI is InChI=1S/2C17H24P.2ClH.Ti/c1-13(2)11-18(12-14(3)4)17-9-15-7-5-6-8-16(15)10-17;1-5-13(3)18(14(4)6-2)17-11-15-9-7-8-10-16(15)12-17;;;/h5-10,13-14H,11-12H2,1-4H3;7-14H,5-6H2,1-4H3;2*1H;/q2*-1;;;+4/p-2. The summed E-state index contributed by atoms with van der Waals surface area (Å²) in [5, 5.41) is 8.85. The third-order valence-corrected chi connectivity index (χ3v) is 14.0. The number of halogens is 2. The second-order valence-corrected chi connectivity index (χ2v) is 16.7. The van der Waals surface area contributed by atoms with Gasteiger partial charge in [-0.3, -0.25) is 0 Å². The fraction of sp³-hybridized carbons (Fsp3) is 0.471. The zero-order valence-corrected chi connectivity index (χ0v) is 30.1. The van der Waals surface area contributed by atoms with Gasteiger partial charge in [0.2, 0.25) is 0 Å². The van der Waals surface area contributed by atoms with E-state index in [0.29, 0.717) is 0 Å². The second-order valence-electron chi connectivity index (χ2n) is 11.3. The van der Waals surface area contributed by atoms with Crippen molar-refractivity contribution < 1.29 is 46.5 Å². The van der Waals surface area contributed by atoms with Gasteiger partial charge in [0.15, 0.2) is 0 Å². The van der Waals surface area contributed by atoms with E-state index >= 15 is 0 Å². The third kappa shape index (κ3) is 11.2. The van der Waals surface area contributed by atoms with Gasteiger partial charge < -0.3 is 24.8 Å². The molecule has 0 saturated heterocycles. The molecule has 0 aromatic heterocycles. The molecule has 0 heterocycles. The molecule has 0 aliphatic carbocycles. The van der Waals surface area contributed by atoms with E-state index in [0.717, 1.165) is 23.2 Å². The molecule has 4 aromatic rings. The number of rotatable bonds is 10. The average Bonchev–Trinajstić information content (AvgIpc) is 3.47. The predicted octanol–water partition coefficient (Wildman–Crippen LogP) is 4.25. The van der Waals surface area contributed by atoms with Crippen molar-refractivity contribution in [3.05, 3.63) is 72.8 Å². The summed E-state index contributed by atoms with van der Waals surface area (Å²) in [4.78, 5) is 0. The minimum atomic E-state index is -0.0252. The first-order chi connectivity index (χ1) is 17.2. The van der Waals surface area contributed by atoms with E-state index < -0.39 is 0 Å². The molecule has 0 aliphatic heterocycles. The molecule has 0 bridgehead atoms. The molecule has 0 radical (unpaired) electrons. The first-order valence-corrected chi connectivity index (χ1v) is 17.3. The Bertz CT molecular complexity index is 1110. The van der Waals surface area contributed by atoms with Gasteiger partial charge in [0.05, 0.1) is 0 Å². The van der Waals surface area contributed by atoms with Crippen molar-refractivity contribution in [3.63, 3.8) is 0 Å². The Labute approximate surface area is 269 Å². The van der Waals surface area contributed by atoms with Crippen molar-refractivity contribution in [1.29, 1.82) is 0 Å². The Kier molecular flexibility index (Phi) is 19.0. The Morgan fingerprint density at radius 2 is 1.00 bits per heavy atom. The molecule has 5 heteroatoms. The summed E-state index contributed by atoms with van der Waals surface area (Å²) in [6.45, 7) is 18.9. The fourth-order valence-corrected chi connectivity index (χ4v) is 11.3. The van der Waals surface area contributed by atoms with Gasteiger partial charge in [-0.15, -0.1) is 80.7 Å². The minimum absolute atomic E-state index is 0. The molecule has 0 saturated carbocycles. The zero-order chi connectivity index (χ0) is 26.2. The van der Waals surface area contributed by atoms with Crippen LogP contribution in [-0.2, 0) is 21.7 Å². The van der Waals surface area contributed by atoms with Gasteiger partial charge in [-0.1, -0.05) is 83.4 Å². The van der Waals surface area contributed by atoms with E-state index in [4.69, 9.17) is 0 Å². The maximum Gasteiger partial charge on any atom is 4.00 e. The van der Waals surface area contributed by atoms with Crippen LogP contribution in [-0.4, -0.2) is 23.6 Å². The fourth-order valence-electron chi connectivity index (χ4n) is 5.10. The summed E-state index contributed by atoms with van der Waals surface area (Å²) in [6, 6.07) is 27.2. The first-order valence-electron chi connectivity index (χ1n) is 14.1. The number of hydrogen-bond acceptors (Lipinski definition) is 0. The Balaban J connectivity index is 0.000000688. The van der Waals surface area contributed by atoms with Gasteiger partial charge in [-0.05, 0) is 48.3 Å². The van der Waals surface area contributed by atoms with Crippen LogP contribution in [0.4, 0.5) is 0 Å². The van der Waals surface area contributed by atoms with E-state index in [2.05, 4.69) is 128 Å². The molecule has 4 aromatic carbocycles. The van der Waals surface area contributed by atoms with E-state index in [1.54, 1.807) is 10.6 Å². The van der Waals surface area contributed by atoms with Crippen LogP contribution >= 0.6 is 15.8 Å². The second kappa shape index (κ2) is 19.1. The van der Waals surface area contributed by atoms with Crippen LogP contribution in [0.2, 0.25) is 0 Å². The summed E-state index contributed by atoms with van der Waals surface area (Å²) in [5.41, 5.74) is 1.65. The largest absolute Gasteiger partial charge is 4.00 e. The van der Waals surface area contributed by atoms with Crippen molar-refractivity contribution >= 4 is 48.0 Å². The summed E-state index contributed by atoms with van der Waals surface area (Å²) in [5.74, 6) is 1.60. The van der Waals surface area contributed by atoms with Gasteiger partial charge in [-0.25, -0.2) is 0 Å². The molecular formula is C34H48Cl2P2Ti. The Hall–Kier alpha value is -0.186. The summed E-state index contributed by atoms with van der Waals surface area (Å²) < 4.78 is 0. The quantitative estimate of drug-likeness (QED) is 0.139. The zero-order valence-electron chi connectivity index (χ0n) is 25.2. The van der Waals surface area contributed by atoms with Crippen LogP contribution in [0.1, 0.15) is 68.2 Å². The van der Waals surface area contributed by atoms with Crippen LogP contribution in [0, 0.1) is 11.8 Å². The van der Waals surface area contributed by atoms with Crippen LogP contribution in [0.15, 0.2) is 72.8 Å². The minimum Gasteiger partial charge on any atom is -1.00 e. The van der Waals surface area contributed by atoms with E-state index in [-0.39, 0.29) is 62.4 Å². The van der Waals surface area contributed by atoms with Crippen molar-refractivity contribution in [1.82, 2.24) is 0 Å². The average molecular weight is 637 g/mol. The topological polar surface area (TPSA) is 0 Å². The summed E-state index contributed by atoms with van der Waals surface area (Å²) in [6.07, 6.45) is 5.31. The predicted molar refractivity (Wildman–Crippen MR) is 171 cm³/mol. The molecule has 39 heavy (non-hydrogen) atoms.